The number of carboxylic acid groups (broad SMARTS) is 1. The molecule has 1 aliphatic rings. The predicted molar refractivity (Wildman–Crippen MR) is 85.6 cm³/mol. The lowest BCUT2D eigenvalue weighted by atomic mass is 10.0. The van der Waals surface area contributed by atoms with Crippen LogP contribution in [-0.2, 0) is 14.8 Å². The summed E-state index contributed by atoms with van der Waals surface area (Å²) in [5.41, 5.74) is 0. The molecular weight excluding hydrogens is 426 g/mol. The fraction of sp³-hybridized carbons (Fsp3) is 0.462. The number of aliphatic carboxylic acids is 1. The molecule has 1 heterocycles. The van der Waals surface area contributed by atoms with Crippen LogP contribution in [-0.4, -0.2) is 36.4 Å². The zero-order valence-corrected chi connectivity index (χ0v) is 15.1. The van der Waals surface area contributed by atoms with Crippen LogP contribution in [0.15, 0.2) is 32.0 Å². The second kappa shape index (κ2) is 6.76. The molecule has 116 valence electrons. The van der Waals surface area contributed by atoms with Gasteiger partial charge in [0.15, 0.2) is 0 Å². The van der Waals surface area contributed by atoms with Crippen LogP contribution in [0.5, 0.6) is 0 Å². The van der Waals surface area contributed by atoms with Gasteiger partial charge in [-0.05, 0) is 47.0 Å². The minimum Gasteiger partial charge on any atom is -0.481 e. The molecule has 1 aromatic carbocycles. The molecule has 0 saturated carbocycles. The van der Waals surface area contributed by atoms with Crippen LogP contribution in [0.1, 0.15) is 25.7 Å². The zero-order chi connectivity index (χ0) is 15.6. The number of halogens is 2. The molecule has 0 spiro atoms. The standard InChI is InChI=1S/C13H15Br2NO4S/c14-9-4-5-11(15)12(7-9)21(19,20)16-6-2-1-3-10(16)8-13(17)18/h4-5,7,10H,1-3,6,8H2,(H,17,18). The van der Waals surface area contributed by atoms with E-state index in [0.717, 1.165) is 12.8 Å². The van der Waals surface area contributed by atoms with Gasteiger partial charge >= 0.3 is 5.97 Å². The van der Waals surface area contributed by atoms with Gasteiger partial charge in [0.05, 0.1) is 11.3 Å². The van der Waals surface area contributed by atoms with Gasteiger partial charge in [-0.25, -0.2) is 8.42 Å². The first-order valence-corrected chi connectivity index (χ1v) is 9.53. The molecular formula is C13H15Br2NO4S. The molecule has 1 aromatic rings. The number of carbonyl (C=O) groups is 1. The van der Waals surface area contributed by atoms with E-state index in [4.69, 9.17) is 5.11 Å². The van der Waals surface area contributed by atoms with E-state index in [0.29, 0.717) is 21.9 Å². The fourth-order valence-corrected chi connectivity index (χ4v) is 5.66. The monoisotopic (exact) mass is 439 g/mol. The molecule has 8 heteroatoms. The number of nitrogens with zero attached hydrogens (tertiary/aromatic N) is 1. The van der Waals surface area contributed by atoms with Crippen molar-refractivity contribution in [2.75, 3.05) is 6.54 Å². The molecule has 1 saturated heterocycles. The summed E-state index contributed by atoms with van der Waals surface area (Å²) in [6, 6.07) is 4.46. The van der Waals surface area contributed by atoms with Crippen molar-refractivity contribution in [1.29, 1.82) is 0 Å². The van der Waals surface area contributed by atoms with Crippen LogP contribution in [0, 0.1) is 0 Å². The van der Waals surface area contributed by atoms with E-state index in [1.807, 2.05) is 0 Å². The Labute approximate surface area is 140 Å². The maximum atomic E-state index is 12.8. The molecule has 2 rings (SSSR count). The van der Waals surface area contributed by atoms with E-state index >= 15 is 0 Å². The van der Waals surface area contributed by atoms with Gasteiger partial charge in [0, 0.05) is 21.5 Å². The van der Waals surface area contributed by atoms with E-state index in [2.05, 4.69) is 31.9 Å². The van der Waals surface area contributed by atoms with E-state index < -0.39 is 22.0 Å². The Kier molecular flexibility index (Phi) is 5.45. The summed E-state index contributed by atoms with van der Waals surface area (Å²) in [5, 5.41) is 8.98. The summed E-state index contributed by atoms with van der Waals surface area (Å²) < 4.78 is 28.1. The first-order valence-electron chi connectivity index (χ1n) is 6.51. The number of hydrogen-bond acceptors (Lipinski definition) is 3. The Morgan fingerprint density at radius 1 is 1.33 bits per heavy atom. The highest BCUT2D eigenvalue weighted by atomic mass is 79.9. The van der Waals surface area contributed by atoms with Gasteiger partial charge in [-0.3, -0.25) is 4.79 Å². The summed E-state index contributed by atoms with van der Waals surface area (Å²) in [4.78, 5) is 11.1. The number of piperidine rings is 1. The highest BCUT2D eigenvalue weighted by molar-refractivity contribution is 9.11. The normalized spacial score (nSPS) is 20.4. The summed E-state index contributed by atoms with van der Waals surface area (Å²) in [5.74, 6) is -0.976. The fourth-order valence-electron chi connectivity index (χ4n) is 2.50. The van der Waals surface area contributed by atoms with Crippen LogP contribution in [0.25, 0.3) is 0 Å². The van der Waals surface area contributed by atoms with Crippen molar-refractivity contribution in [3.05, 3.63) is 27.1 Å². The lowest BCUT2D eigenvalue weighted by Gasteiger charge is -2.34. The number of carboxylic acids is 1. The highest BCUT2D eigenvalue weighted by Crippen LogP contribution is 2.32. The number of sulfonamides is 1. The summed E-state index contributed by atoms with van der Waals surface area (Å²) in [6.07, 6.45) is 2.02. The molecule has 1 N–H and O–H groups in total. The molecule has 21 heavy (non-hydrogen) atoms. The largest absolute Gasteiger partial charge is 0.481 e. The molecule has 0 aromatic heterocycles. The van der Waals surface area contributed by atoms with Crippen LogP contribution >= 0.6 is 31.9 Å². The zero-order valence-electron chi connectivity index (χ0n) is 11.1. The average molecular weight is 441 g/mol. The predicted octanol–water partition coefficient (Wildman–Crippen LogP) is 3.23. The molecule has 1 fully saturated rings. The van der Waals surface area contributed by atoms with E-state index in [1.165, 1.54) is 10.4 Å². The second-order valence-electron chi connectivity index (χ2n) is 4.94. The lowest BCUT2D eigenvalue weighted by molar-refractivity contribution is -0.138. The van der Waals surface area contributed by atoms with Crippen molar-refractivity contribution in [2.45, 2.75) is 36.6 Å². The third-order valence-corrected chi connectivity index (χ3v) is 6.90. The molecule has 1 unspecified atom stereocenters. The van der Waals surface area contributed by atoms with E-state index in [9.17, 15) is 13.2 Å². The molecule has 0 aliphatic carbocycles. The molecule has 1 aliphatic heterocycles. The Hall–Kier alpha value is -0.440. The summed E-state index contributed by atoms with van der Waals surface area (Å²) >= 11 is 6.53. The van der Waals surface area contributed by atoms with Gasteiger partial charge in [0.1, 0.15) is 0 Å². The lowest BCUT2D eigenvalue weighted by Crippen LogP contribution is -2.44. The van der Waals surface area contributed by atoms with Crippen molar-refractivity contribution in [1.82, 2.24) is 4.31 Å². The van der Waals surface area contributed by atoms with Crippen molar-refractivity contribution in [3.63, 3.8) is 0 Å². The summed E-state index contributed by atoms with van der Waals surface area (Å²) in [7, 11) is -3.72. The Bertz CT molecular complexity index is 648. The minimum absolute atomic E-state index is 0.161. The first kappa shape index (κ1) is 16.9. The highest BCUT2D eigenvalue weighted by Gasteiger charge is 2.35. The van der Waals surface area contributed by atoms with Gasteiger partial charge in [-0.2, -0.15) is 4.31 Å². The Balaban J connectivity index is 2.40. The third kappa shape index (κ3) is 3.85. The van der Waals surface area contributed by atoms with Gasteiger partial charge in [-0.15, -0.1) is 0 Å². The number of benzene rings is 1. The average Bonchev–Trinajstić information content (AvgIpc) is 2.41. The van der Waals surface area contributed by atoms with Gasteiger partial charge in [-0.1, -0.05) is 22.4 Å². The molecule has 5 nitrogen and oxygen atoms in total. The molecule has 0 bridgehead atoms. The first-order chi connectivity index (χ1) is 9.82. The van der Waals surface area contributed by atoms with Crippen LogP contribution in [0.2, 0.25) is 0 Å². The molecule has 1 atom stereocenters. The van der Waals surface area contributed by atoms with Crippen LogP contribution < -0.4 is 0 Å². The van der Waals surface area contributed by atoms with E-state index in [-0.39, 0.29) is 11.3 Å². The Morgan fingerprint density at radius 2 is 2.05 bits per heavy atom. The maximum Gasteiger partial charge on any atom is 0.304 e. The SMILES string of the molecule is O=C(O)CC1CCCCN1S(=O)(=O)c1cc(Br)ccc1Br. The van der Waals surface area contributed by atoms with Crippen LogP contribution in [0.4, 0.5) is 0 Å². The van der Waals surface area contributed by atoms with E-state index in [1.54, 1.807) is 12.1 Å². The van der Waals surface area contributed by atoms with Gasteiger partial charge in [0.2, 0.25) is 10.0 Å². The van der Waals surface area contributed by atoms with Gasteiger partial charge < -0.3 is 5.11 Å². The Morgan fingerprint density at radius 3 is 2.71 bits per heavy atom. The third-order valence-electron chi connectivity index (χ3n) is 3.46. The van der Waals surface area contributed by atoms with Crippen molar-refractivity contribution in [2.24, 2.45) is 0 Å². The minimum atomic E-state index is -3.72. The maximum absolute atomic E-state index is 12.8. The second-order valence-corrected chi connectivity index (χ2v) is 8.57. The molecule has 0 amide bonds. The topological polar surface area (TPSA) is 74.7 Å². The van der Waals surface area contributed by atoms with Crippen molar-refractivity contribution < 1.29 is 18.3 Å². The van der Waals surface area contributed by atoms with Gasteiger partial charge in [0.25, 0.3) is 0 Å². The van der Waals surface area contributed by atoms with Crippen molar-refractivity contribution >= 4 is 47.9 Å². The smallest absolute Gasteiger partial charge is 0.304 e. The van der Waals surface area contributed by atoms with Crippen LogP contribution in [0.3, 0.4) is 0 Å². The van der Waals surface area contributed by atoms with Crippen molar-refractivity contribution in [3.8, 4) is 0 Å². The number of hydrogen-bond donors (Lipinski definition) is 1. The number of rotatable bonds is 4. The quantitative estimate of drug-likeness (QED) is 0.779. The summed E-state index contributed by atoms with van der Waals surface area (Å²) in [6.45, 7) is 0.360. The molecule has 0 radical (unpaired) electrons.